The Morgan fingerprint density at radius 2 is 1.72 bits per heavy atom. The van der Waals surface area contributed by atoms with Crippen molar-refractivity contribution < 1.29 is 0 Å². The summed E-state index contributed by atoms with van der Waals surface area (Å²) in [5.74, 6) is 0.563. The van der Waals surface area contributed by atoms with Crippen LogP contribution in [0.1, 0.15) is 48.4 Å². The zero-order valence-corrected chi connectivity index (χ0v) is 18.1. The van der Waals surface area contributed by atoms with Gasteiger partial charge >= 0.3 is 0 Å². The van der Waals surface area contributed by atoms with E-state index in [1.54, 1.807) is 5.57 Å². The molecule has 0 nitrogen and oxygen atoms in total. The fraction of sp³-hybridized carbons (Fsp3) is 0.217. The van der Waals surface area contributed by atoms with E-state index in [1.807, 2.05) is 0 Å². The van der Waals surface area contributed by atoms with Crippen molar-refractivity contribution in [3.63, 3.8) is 0 Å². The average Bonchev–Trinajstić information content (AvgIpc) is 2.82. The molecule has 2 aromatic carbocycles. The molecule has 0 saturated heterocycles. The van der Waals surface area contributed by atoms with Gasteiger partial charge in [0.15, 0.2) is 0 Å². The molecule has 2 aliphatic carbocycles. The largest absolute Gasteiger partial charge is 0.0702 e. The second-order valence-corrected chi connectivity index (χ2v) is 9.49. The highest BCUT2D eigenvalue weighted by atomic mass is 127. The van der Waals surface area contributed by atoms with Gasteiger partial charge in [-0.3, -0.25) is 0 Å². The molecule has 25 heavy (non-hydrogen) atoms. The summed E-state index contributed by atoms with van der Waals surface area (Å²) in [7, 11) is 0. The van der Waals surface area contributed by atoms with Gasteiger partial charge < -0.3 is 0 Å². The molecule has 0 N–H and O–H groups in total. The Morgan fingerprint density at radius 1 is 1.04 bits per heavy atom. The third-order valence-corrected chi connectivity index (χ3v) is 6.68. The first kappa shape index (κ1) is 17.3. The molecule has 126 valence electrons. The Labute approximate surface area is 172 Å². The van der Waals surface area contributed by atoms with E-state index in [0.717, 1.165) is 10.9 Å². The van der Waals surface area contributed by atoms with E-state index in [1.165, 1.54) is 25.8 Å². The summed E-state index contributed by atoms with van der Waals surface area (Å²) in [6.45, 7) is 4.74. The van der Waals surface area contributed by atoms with E-state index in [4.69, 9.17) is 0 Å². The molecular formula is C23H20BrI. The van der Waals surface area contributed by atoms with Crippen LogP contribution >= 0.6 is 38.5 Å². The van der Waals surface area contributed by atoms with Gasteiger partial charge in [-0.05, 0) is 69.5 Å². The average molecular weight is 503 g/mol. The summed E-state index contributed by atoms with van der Waals surface area (Å²) in [5.41, 5.74) is 7.18. The summed E-state index contributed by atoms with van der Waals surface area (Å²) >= 11 is 5.94. The Morgan fingerprint density at radius 3 is 2.48 bits per heavy atom. The van der Waals surface area contributed by atoms with Crippen LogP contribution in [-0.4, -0.2) is 0 Å². The smallest absolute Gasteiger partial charge is 0.0175 e. The van der Waals surface area contributed by atoms with E-state index >= 15 is 0 Å². The predicted octanol–water partition coefficient (Wildman–Crippen LogP) is 7.64. The lowest BCUT2D eigenvalue weighted by atomic mass is 9.79. The molecule has 2 aliphatic rings. The first-order chi connectivity index (χ1) is 11.9. The molecule has 2 heteroatoms. The fourth-order valence-corrected chi connectivity index (χ4v) is 4.87. The van der Waals surface area contributed by atoms with Crippen molar-refractivity contribution in [3.8, 4) is 0 Å². The first-order valence-electron chi connectivity index (χ1n) is 8.61. The zero-order chi connectivity index (χ0) is 17.6. The molecule has 1 unspecified atom stereocenters. The van der Waals surface area contributed by atoms with E-state index in [9.17, 15) is 0 Å². The number of hydrogen-bond donors (Lipinski definition) is 0. The molecule has 0 spiro atoms. The van der Waals surface area contributed by atoms with Crippen molar-refractivity contribution in [1.29, 1.82) is 0 Å². The minimum Gasteiger partial charge on any atom is -0.0702 e. The van der Waals surface area contributed by atoms with Gasteiger partial charge in [-0.2, -0.15) is 0 Å². The summed E-state index contributed by atoms with van der Waals surface area (Å²) in [5, 5.41) is 0. The van der Waals surface area contributed by atoms with Gasteiger partial charge in [0.05, 0.1) is 0 Å². The lowest BCUT2D eigenvalue weighted by Crippen LogP contribution is -2.17. The van der Waals surface area contributed by atoms with E-state index < -0.39 is 0 Å². The van der Waals surface area contributed by atoms with Crippen molar-refractivity contribution >= 4 is 50.7 Å². The van der Waals surface area contributed by atoms with Gasteiger partial charge in [0.25, 0.3) is 0 Å². The van der Waals surface area contributed by atoms with Crippen molar-refractivity contribution in [2.75, 3.05) is 0 Å². The highest BCUT2D eigenvalue weighted by Crippen LogP contribution is 2.54. The highest BCUT2D eigenvalue weighted by molar-refractivity contribution is 14.1. The van der Waals surface area contributed by atoms with Gasteiger partial charge in [-0.25, -0.2) is 0 Å². The molecule has 2 aromatic rings. The molecule has 0 radical (unpaired) electrons. The Kier molecular flexibility index (Phi) is 4.53. The fourth-order valence-electron chi connectivity index (χ4n) is 4.02. The second kappa shape index (κ2) is 6.55. The maximum atomic E-state index is 3.49. The summed E-state index contributed by atoms with van der Waals surface area (Å²) in [6.07, 6.45) is 10.3. The van der Waals surface area contributed by atoms with Crippen LogP contribution in [0.4, 0.5) is 0 Å². The minimum atomic E-state index is 0.117. The van der Waals surface area contributed by atoms with Gasteiger partial charge in [-0.15, -0.1) is 0 Å². The monoisotopic (exact) mass is 502 g/mol. The number of allylic oxidation sites excluding steroid dienone is 4. The molecule has 0 heterocycles. The van der Waals surface area contributed by atoms with Crippen LogP contribution in [0.3, 0.4) is 0 Å². The molecule has 0 amide bonds. The minimum absolute atomic E-state index is 0.117. The Balaban J connectivity index is 1.69. The van der Waals surface area contributed by atoms with E-state index in [0.29, 0.717) is 5.92 Å². The molecule has 1 atom stereocenters. The number of benzene rings is 2. The van der Waals surface area contributed by atoms with Crippen molar-refractivity contribution in [3.05, 3.63) is 90.5 Å². The van der Waals surface area contributed by atoms with Crippen molar-refractivity contribution in [2.45, 2.75) is 31.6 Å². The van der Waals surface area contributed by atoms with Gasteiger partial charge in [0.1, 0.15) is 0 Å². The van der Waals surface area contributed by atoms with Crippen LogP contribution in [0.25, 0.3) is 12.2 Å². The Hall–Kier alpha value is -1.13. The van der Waals surface area contributed by atoms with E-state index in [-0.39, 0.29) is 5.41 Å². The first-order valence-corrected chi connectivity index (χ1v) is 10.5. The maximum Gasteiger partial charge on any atom is 0.0175 e. The quantitative estimate of drug-likeness (QED) is 0.292. The van der Waals surface area contributed by atoms with Crippen LogP contribution in [0.5, 0.6) is 0 Å². The lowest BCUT2D eigenvalue weighted by Gasteiger charge is -2.26. The molecule has 0 saturated carbocycles. The lowest BCUT2D eigenvalue weighted by molar-refractivity contribution is 0.612. The number of fused-ring (bicyclic) bond motifs is 3. The predicted molar refractivity (Wildman–Crippen MR) is 120 cm³/mol. The number of halogens is 2. The zero-order valence-electron chi connectivity index (χ0n) is 14.4. The number of hydrogen-bond acceptors (Lipinski definition) is 0. The third-order valence-electron chi connectivity index (χ3n) is 5.40. The normalized spacial score (nSPS) is 20.9. The Bertz CT molecular complexity index is 914. The van der Waals surface area contributed by atoms with Crippen molar-refractivity contribution in [1.82, 2.24) is 0 Å². The molecule has 0 aliphatic heterocycles. The molecule has 4 rings (SSSR count). The van der Waals surface area contributed by atoms with Gasteiger partial charge in [0.2, 0.25) is 0 Å². The second-order valence-electron chi connectivity index (χ2n) is 7.33. The van der Waals surface area contributed by atoms with Crippen LogP contribution in [0.2, 0.25) is 0 Å². The molecule has 0 fully saturated rings. The highest BCUT2D eigenvalue weighted by Gasteiger charge is 2.41. The number of rotatable bonds is 2. The third kappa shape index (κ3) is 3.19. The van der Waals surface area contributed by atoms with Crippen LogP contribution in [-0.2, 0) is 5.41 Å². The SMILES string of the molecule is CC1(C)C2=CC(I)=CCC2c2ccc(/C=C/c3ccc(Br)cc3)cc21. The maximum absolute atomic E-state index is 3.49. The van der Waals surface area contributed by atoms with Crippen molar-refractivity contribution in [2.24, 2.45) is 0 Å². The van der Waals surface area contributed by atoms with Gasteiger partial charge in [-0.1, -0.05) is 83.9 Å². The van der Waals surface area contributed by atoms with Crippen LogP contribution in [0.15, 0.2) is 68.2 Å². The topological polar surface area (TPSA) is 0 Å². The standard InChI is InChI=1S/C23H20BrI/c1-23(2)21-13-16(4-3-15-5-8-17(24)9-6-15)7-11-19(21)20-12-10-18(25)14-22(20)23/h3-11,13-14,20H,12H2,1-2H3/b4-3+. The van der Waals surface area contributed by atoms with Crippen LogP contribution in [0, 0.1) is 0 Å². The summed E-state index contributed by atoms with van der Waals surface area (Å²) in [6, 6.07) is 15.4. The molecule has 0 bridgehead atoms. The molecule has 0 aromatic heterocycles. The van der Waals surface area contributed by atoms with E-state index in [2.05, 4.69) is 119 Å². The summed E-state index contributed by atoms with van der Waals surface area (Å²) in [4.78, 5) is 0. The van der Waals surface area contributed by atoms with Gasteiger partial charge in [0, 0.05) is 19.4 Å². The summed E-state index contributed by atoms with van der Waals surface area (Å²) < 4.78 is 2.49. The molecular weight excluding hydrogens is 483 g/mol. The van der Waals surface area contributed by atoms with Crippen LogP contribution < -0.4 is 0 Å².